The molecular weight excluding hydrogens is 229 g/mol. The van der Waals surface area contributed by atoms with Crippen LogP contribution in [0.1, 0.15) is 32.5 Å². The number of aromatic nitrogens is 1. The van der Waals surface area contributed by atoms with Crippen LogP contribution in [0.15, 0.2) is 18.3 Å². The smallest absolute Gasteiger partial charge is 0.141 e. The van der Waals surface area contributed by atoms with Gasteiger partial charge in [0.15, 0.2) is 0 Å². The Morgan fingerprint density at radius 1 is 1.39 bits per heavy atom. The molecular formula is C14H24FN3. The van der Waals surface area contributed by atoms with Crippen molar-refractivity contribution < 1.29 is 4.39 Å². The van der Waals surface area contributed by atoms with E-state index in [4.69, 9.17) is 0 Å². The standard InChI is InChI=1S/C14H24FN3/c1-11(13-7-6-12(15)8-16-13)17-9-14(2,3)10-18(4)5/h6-8,11,17H,9-10H2,1-5H3. The highest BCUT2D eigenvalue weighted by atomic mass is 19.1. The lowest BCUT2D eigenvalue weighted by molar-refractivity contribution is 0.226. The molecule has 18 heavy (non-hydrogen) atoms. The van der Waals surface area contributed by atoms with Crippen LogP contribution in [0.25, 0.3) is 0 Å². The van der Waals surface area contributed by atoms with Crippen molar-refractivity contribution in [2.24, 2.45) is 5.41 Å². The van der Waals surface area contributed by atoms with Crippen molar-refractivity contribution in [1.82, 2.24) is 15.2 Å². The fourth-order valence-corrected chi connectivity index (χ4v) is 2.09. The van der Waals surface area contributed by atoms with Crippen LogP contribution in [-0.4, -0.2) is 37.1 Å². The lowest BCUT2D eigenvalue weighted by Crippen LogP contribution is -2.38. The first kappa shape index (κ1) is 15.1. The Morgan fingerprint density at radius 3 is 2.56 bits per heavy atom. The second-order valence-electron chi connectivity index (χ2n) is 5.91. The van der Waals surface area contributed by atoms with Crippen LogP contribution in [0.5, 0.6) is 0 Å². The first-order valence-corrected chi connectivity index (χ1v) is 6.30. The van der Waals surface area contributed by atoms with Crippen LogP contribution < -0.4 is 5.32 Å². The van der Waals surface area contributed by atoms with E-state index < -0.39 is 0 Å². The van der Waals surface area contributed by atoms with Crippen molar-refractivity contribution in [3.63, 3.8) is 0 Å². The summed E-state index contributed by atoms with van der Waals surface area (Å²) in [5, 5.41) is 3.45. The molecule has 1 N–H and O–H groups in total. The molecule has 1 aromatic heterocycles. The molecule has 0 aliphatic rings. The zero-order valence-electron chi connectivity index (χ0n) is 12.0. The monoisotopic (exact) mass is 253 g/mol. The minimum atomic E-state index is -0.293. The molecule has 0 aliphatic carbocycles. The molecule has 0 aromatic carbocycles. The molecule has 1 rings (SSSR count). The minimum Gasteiger partial charge on any atom is -0.309 e. The third-order valence-corrected chi connectivity index (χ3v) is 2.82. The van der Waals surface area contributed by atoms with Gasteiger partial charge >= 0.3 is 0 Å². The van der Waals surface area contributed by atoms with Gasteiger partial charge in [-0.2, -0.15) is 0 Å². The van der Waals surface area contributed by atoms with Gasteiger partial charge in [-0.1, -0.05) is 13.8 Å². The van der Waals surface area contributed by atoms with Crippen LogP contribution in [0.4, 0.5) is 4.39 Å². The highest BCUT2D eigenvalue weighted by Gasteiger charge is 2.20. The Labute approximate surface area is 109 Å². The third-order valence-electron chi connectivity index (χ3n) is 2.82. The summed E-state index contributed by atoms with van der Waals surface area (Å²) in [6.07, 6.45) is 1.26. The predicted octanol–water partition coefficient (Wildman–Crippen LogP) is 2.46. The Hall–Kier alpha value is -1.00. The maximum Gasteiger partial charge on any atom is 0.141 e. The van der Waals surface area contributed by atoms with Gasteiger partial charge in [-0.25, -0.2) is 4.39 Å². The molecule has 1 heterocycles. The Morgan fingerprint density at radius 2 is 2.06 bits per heavy atom. The molecule has 0 aliphatic heterocycles. The summed E-state index contributed by atoms with van der Waals surface area (Å²) in [6, 6.07) is 3.31. The van der Waals surface area contributed by atoms with Crippen LogP contribution in [0.3, 0.4) is 0 Å². The van der Waals surface area contributed by atoms with E-state index in [0.717, 1.165) is 18.8 Å². The number of nitrogens with zero attached hydrogens (tertiary/aromatic N) is 2. The second kappa shape index (κ2) is 6.25. The van der Waals surface area contributed by atoms with Crippen molar-refractivity contribution in [1.29, 1.82) is 0 Å². The maximum atomic E-state index is 12.8. The van der Waals surface area contributed by atoms with Gasteiger partial charge < -0.3 is 10.2 Å². The largest absolute Gasteiger partial charge is 0.309 e. The summed E-state index contributed by atoms with van der Waals surface area (Å²) < 4.78 is 12.8. The normalized spacial score (nSPS) is 13.9. The second-order valence-corrected chi connectivity index (χ2v) is 5.91. The molecule has 102 valence electrons. The van der Waals surface area contributed by atoms with E-state index in [0.29, 0.717) is 0 Å². The number of pyridine rings is 1. The molecule has 1 atom stereocenters. The average Bonchev–Trinajstić information content (AvgIpc) is 2.25. The van der Waals surface area contributed by atoms with E-state index in [1.165, 1.54) is 12.3 Å². The molecule has 0 saturated heterocycles. The number of halogens is 1. The van der Waals surface area contributed by atoms with Gasteiger partial charge in [-0.15, -0.1) is 0 Å². The van der Waals surface area contributed by atoms with Crippen LogP contribution in [-0.2, 0) is 0 Å². The summed E-state index contributed by atoms with van der Waals surface area (Å²) in [5.74, 6) is -0.293. The molecule has 0 saturated carbocycles. The lowest BCUT2D eigenvalue weighted by atomic mass is 9.92. The van der Waals surface area contributed by atoms with Gasteiger partial charge in [0.05, 0.1) is 11.9 Å². The highest BCUT2D eigenvalue weighted by molar-refractivity contribution is 5.09. The number of hydrogen-bond donors (Lipinski definition) is 1. The number of rotatable bonds is 6. The summed E-state index contributed by atoms with van der Waals surface area (Å²) in [5.41, 5.74) is 1.06. The third kappa shape index (κ3) is 5.10. The fraction of sp³-hybridized carbons (Fsp3) is 0.643. The topological polar surface area (TPSA) is 28.2 Å². The number of nitrogens with one attached hydrogen (secondary N) is 1. The Balaban J connectivity index is 2.50. The molecule has 0 fully saturated rings. The van der Waals surface area contributed by atoms with Gasteiger partial charge in [0.2, 0.25) is 0 Å². The van der Waals surface area contributed by atoms with Gasteiger partial charge in [0, 0.05) is 19.1 Å². The summed E-state index contributed by atoms with van der Waals surface area (Å²) in [4.78, 5) is 6.27. The van der Waals surface area contributed by atoms with Gasteiger partial charge in [0.25, 0.3) is 0 Å². The van der Waals surface area contributed by atoms with Crippen molar-refractivity contribution in [2.75, 3.05) is 27.2 Å². The first-order valence-electron chi connectivity index (χ1n) is 6.30. The van der Waals surface area contributed by atoms with Crippen LogP contribution >= 0.6 is 0 Å². The quantitative estimate of drug-likeness (QED) is 0.844. The molecule has 0 amide bonds. The van der Waals surface area contributed by atoms with Crippen LogP contribution in [0.2, 0.25) is 0 Å². The minimum absolute atomic E-state index is 0.132. The van der Waals surface area contributed by atoms with Gasteiger partial charge in [0.1, 0.15) is 5.82 Å². The zero-order chi connectivity index (χ0) is 13.8. The molecule has 0 spiro atoms. The maximum absolute atomic E-state index is 12.8. The van der Waals surface area contributed by atoms with Crippen molar-refractivity contribution in [3.8, 4) is 0 Å². The van der Waals surface area contributed by atoms with E-state index in [2.05, 4.69) is 43.1 Å². The SMILES string of the molecule is CC(NCC(C)(C)CN(C)C)c1ccc(F)cn1. The Kier molecular flexibility index (Phi) is 5.23. The van der Waals surface area contributed by atoms with E-state index in [1.54, 1.807) is 6.07 Å². The summed E-state index contributed by atoms with van der Waals surface area (Å²) in [7, 11) is 4.15. The molecule has 1 unspecified atom stereocenters. The number of hydrogen-bond acceptors (Lipinski definition) is 3. The first-order chi connectivity index (χ1) is 8.30. The van der Waals surface area contributed by atoms with Crippen molar-refractivity contribution in [3.05, 3.63) is 29.8 Å². The molecule has 4 heteroatoms. The van der Waals surface area contributed by atoms with E-state index >= 15 is 0 Å². The summed E-state index contributed by atoms with van der Waals surface area (Å²) in [6.45, 7) is 8.41. The van der Waals surface area contributed by atoms with Crippen molar-refractivity contribution >= 4 is 0 Å². The van der Waals surface area contributed by atoms with Crippen molar-refractivity contribution in [2.45, 2.75) is 26.8 Å². The van der Waals surface area contributed by atoms with E-state index in [1.807, 2.05) is 6.92 Å². The molecule has 0 radical (unpaired) electrons. The highest BCUT2D eigenvalue weighted by Crippen LogP contribution is 2.17. The fourth-order valence-electron chi connectivity index (χ4n) is 2.09. The van der Waals surface area contributed by atoms with E-state index in [-0.39, 0.29) is 17.3 Å². The molecule has 1 aromatic rings. The van der Waals surface area contributed by atoms with Gasteiger partial charge in [-0.05, 0) is 38.6 Å². The lowest BCUT2D eigenvalue weighted by Gasteiger charge is -2.30. The molecule has 3 nitrogen and oxygen atoms in total. The zero-order valence-corrected chi connectivity index (χ0v) is 12.0. The van der Waals surface area contributed by atoms with E-state index in [9.17, 15) is 4.39 Å². The molecule has 0 bridgehead atoms. The van der Waals surface area contributed by atoms with Gasteiger partial charge in [-0.3, -0.25) is 4.98 Å². The predicted molar refractivity (Wildman–Crippen MR) is 72.9 cm³/mol. The average molecular weight is 253 g/mol. The Bertz CT molecular complexity index is 360. The van der Waals surface area contributed by atoms with Crippen LogP contribution in [0, 0.1) is 11.2 Å². The summed E-state index contributed by atoms with van der Waals surface area (Å²) >= 11 is 0.